The number of aromatic hydroxyl groups is 1. The first-order chi connectivity index (χ1) is 14.2. The van der Waals surface area contributed by atoms with Gasteiger partial charge in [-0.2, -0.15) is 0 Å². The summed E-state index contributed by atoms with van der Waals surface area (Å²) in [6.45, 7) is 12.0. The van der Waals surface area contributed by atoms with Crippen LogP contribution in [0.4, 0.5) is 0 Å². The van der Waals surface area contributed by atoms with Crippen LogP contribution in [-0.2, 0) is 5.41 Å². The molecule has 4 heteroatoms. The second-order valence-electron chi connectivity index (χ2n) is 10.7. The summed E-state index contributed by atoms with van der Waals surface area (Å²) < 4.78 is 6.54. The molecule has 1 aromatic carbocycles. The summed E-state index contributed by atoms with van der Waals surface area (Å²) in [7, 11) is 0. The zero-order chi connectivity index (χ0) is 21.9. The summed E-state index contributed by atoms with van der Waals surface area (Å²) in [5, 5.41) is 23.8. The molecule has 0 radical (unpaired) electrons. The number of rotatable bonds is 9. The van der Waals surface area contributed by atoms with E-state index < -0.39 is 0 Å². The van der Waals surface area contributed by atoms with E-state index >= 15 is 0 Å². The van der Waals surface area contributed by atoms with Crippen LogP contribution in [0, 0.1) is 5.92 Å². The minimum Gasteiger partial charge on any atom is -0.508 e. The molecule has 1 unspecified atom stereocenters. The molecule has 0 spiro atoms. The summed E-state index contributed by atoms with van der Waals surface area (Å²) in [5.41, 5.74) is 1.95. The maximum absolute atomic E-state index is 11.1. The number of fused-ring (bicyclic) bond motifs is 3. The van der Waals surface area contributed by atoms with Gasteiger partial charge in [-0.25, -0.2) is 0 Å². The molecular weight excluding hydrogens is 374 g/mol. The zero-order valence-electron chi connectivity index (χ0n) is 19.8. The number of hydrogen-bond donors (Lipinski definition) is 3. The van der Waals surface area contributed by atoms with Crippen LogP contribution in [0.2, 0.25) is 0 Å². The number of aliphatic hydroxyl groups excluding tert-OH is 1. The van der Waals surface area contributed by atoms with Crippen molar-refractivity contribution in [1.82, 2.24) is 5.32 Å². The number of hydrogen-bond acceptors (Lipinski definition) is 4. The minimum absolute atomic E-state index is 0.0163. The first kappa shape index (κ1) is 23.4. The molecule has 3 atom stereocenters. The third-order valence-corrected chi connectivity index (χ3v) is 7.59. The number of unbranched alkanes of at least 4 members (excludes halogenated alkanes) is 3. The summed E-state index contributed by atoms with van der Waals surface area (Å²) in [5.74, 6) is 1.96. The highest BCUT2D eigenvalue weighted by Gasteiger charge is 2.47. The molecule has 30 heavy (non-hydrogen) atoms. The van der Waals surface area contributed by atoms with Crippen molar-refractivity contribution < 1.29 is 14.9 Å². The van der Waals surface area contributed by atoms with E-state index in [1.54, 1.807) is 0 Å². The zero-order valence-corrected chi connectivity index (χ0v) is 19.8. The normalized spacial score (nSPS) is 25.3. The minimum atomic E-state index is -0.240. The number of phenolic OH excluding ortho intramolecular Hbond substituents is 1. The fraction of sp³-hybridized carbons (Fsp3) is 0.769. The summed E-state index contributed by atoms with van der Waals surface area (Å²) in [4.78, 5) is 0. The maximum atomic E-state index is 11.1. The van der Waals surface area contributed by atoms with Crippen molar-refractivity contribution in [3.8, 4) is 11.5 Å². The largest absolute Gasteiger partial charge is 0.508 e. The molecule has 1 saturated carbocycles. The van der Waals surface area contributed by atoms with Gasteiger partial charge in [0.05, 0.1) is 6.61 Å². The Morgan fingerprint density at radius 3 is 2.63 bits per heavy atom. The number of aliphatic hydroxyl groups is 1. The van der Waals surface area contributed by atoms with E-state index in [1.165, 1.54) is 31.2 Å². The average Bonchev–Trinajstić information content (AvgIpc) is 2.68. The lowest BCUT2D eigenvalue weighted by molar-refractivity contribution is -0.0124. The van der Waals surface area contributed by atoms with Crippen molar-refractivity contribution in [1.29, 1.82) is 0 Å². The van der Waals surface area contributed by atoms with E-state index in [1.807, 2.05) is 6.07 Å². The lowest BCUT2D eigenvalue weighted by Gasteiger charge is -2.49. The number of benzene rings is 1. The van der Waals surface area contributed by atoms with Crippen LogP contribution in [0.25, 0.3) is 0 Å². The van der Waals surface area contributed by atoms with Gasteiger partial charge in [0.15, 0.2) is 0 Å². The van der Waals surface area contributed by atoms with Gasteiger partial charge in [0.25, 0.3) is 0 Å². The molecule has 1 fully saturated rings. The molecular formula is C26H43NO3. The summed E-state index contributed by atoms with van der Waals surface area (Å²) >= 11 is 0. The second kappa shape index (κ2) is 9.48. The molecule has 0 bridgehead atoms. The van der Waals surface area contributed by atoms with Crippen molar-refractivity contribution >= 4 is 0 Å². The second-order valence-corrected chi connectivity index (χ2v) is 10.7. The van der Waals surface area contributed by atoms with Crippen LogP contribution in [0.1, 0.15) is 103 Å². The fourth-order valence-corrected chi connectivity index (χ4v) is 5.73. The Morgan fingerprint density at radius 2 is 1.93 bits per heavy atom. The van der Waals surface area contributed by atoms with Crippen LogP contribution in [0.15, 0.2) is 12.1 Å². The van der Waals surface area contributed by atoms with Crippen LogP contribution in [-0.4, -0.2) is 35.0 Å². The monoisotopic (exact) mass is 417 g/mol. The Bertz CT molecular complexity index is 712. The first-order valence-corrected chi connectivity index (χ1v) is 12.1. The molecule has 1 heterocycles. The van der Waals surface area contributed by atoms with Gasteiger partial charge in [-0.15, -0.1) is 0 Å². The molecule has 4 nitrogen and oxygen atoms in total. The highest BCUT2D eigenvalue weighted by Crippen LogP contribution is 2.55. The van der Waals surface area contributed by atoms with Crippen molar-refractivity contribution in [3.05, 3.63) is 23.3 Å². The molecule has 3 N–H and O–H groups in total. The topological polar surface area (TPSA) is 61.7 Å². The van der Waals surface area contributed by atoms with Crippen molar-refractivity contribution in [2.45, 2.75) is 109 Å². The molecule has 1 aliphatic heterocycles. The van der Waals surface area contributed by atoms with Crippen molar-refractivity contribution in [2.75, 3.05) is 13.2 Å². The van der Waals surface area contributed by atoms with Gasteiger partial charge >= 0.3 is 0 Å². The molecule has 1 aliphatic carbocycles. The first-order valence-electron chi connectivity index (χ1n) is 12.1. The highest BCUT2D eigenvalue weighted by molar-refractivity contribution is 5.53. The van der Waals surface area contributed by atoms with Gasteiger partial charge in [0.1, 0.15) is 17.1 Å². The van der Waals surface area contributed by atoms with Gasteiger partial charge < -0.3 is 20.3 Å². The van der Waals surface area contributed by atoms with Crippen LogP contribution in [0.3, 0.4) is 0 Å². The Kier molecular flexibility index (Phi) is 7.40. The van der Waals surface area contributed by atoms with Gasteiger partial charge in [-0.3, -0.25) is 0 Å². The molecule has 0 amide bonds. The number of nitrogens with one attached hydrogen (secondary N) is 1. The molecule has 1 aromatic rings. The number of ether oxygens (including phenoxy) is 1. The Hall–Kier alpha value is -1.26. The third-order valence-electron chi connectivity index (χ3n) is 7.59. The van der Waals surface area contributed by atoms with E-state index in [-0.39, 0.29) is 23.5 Å². The van der Waals surface area contributed by atoms with Gasteiger partial charge in [-0.1, -0.05) is 46.5 Å². The van der Waals surface area contributed by atoms with Gasteiger partial charge in [0.2, 0.25) is 0 Å². The summed E-state index contributed by atoms with van der Waals surface area (Å²) in [6, 6.07) is 4.59. The van der Waals surface area contributed by atoms with E-state index in [0.29, 0.717) is 24.3 Å². The summed E-state index contributed by atoms with van der Waals surface area (Å²) in [6.07, 6.45) is 9.29. The predicted molar refractivity (Wildman–Crippen MR) is 124 cm³/mol. The average molecular weight is 418 g/mol. The van der Waals surface area contributed by atoms with E-state index in [9.17, 15) is 10.2 Å². The molecule has 170 valence electrons. The van der Waals surface area contributed by atoms with Gasteiger partial charge in [0, 0.05) is 24.1 Å². The standard InChI is InChI=1S/C26H43NO3/c1-6-7-8-9-12-25(2,3)18-15-22(29)24-20-17-19(27-13-14-28)10-11-21(20)26(4,5)30-23(24)16-18/h15-16,19-21,27-29H,6-14,17H2,1-5H3/t19?,20-,21-/m0/s1. The van der Waals surface area contributed by atoms with Crippen molar-refractivity contribution in [3.63, 3.8) is 0 Å². The van der Waals surface area contributed by atoms with Crippen LogP contribution < -0.4 is 10.1 Å². The molecule has 0 aromatic heterocycles. The van der Waals surface area contributed by atoms with E-state index in [2.05, 4.69) is 46.0 Å². The Morgan fingerprint density at radius 1 is 1.17 bits per heavy atom. The Balaban J connectivity index is 1.87. The third kappa shape index (κ3) is 4.96. The number of phenols is 1. The van der Waals surface area contributed by atoms with E-state index in [4.69, 9.17) is 4.74 Å². The highest BCUT2D eigenvalue weighted by atomic mass is 16.5. The van der Waals surface area contributed by atoms with Crippen LogP contribution >= 0.6 is 0 Å². The smallest absolute Gasteiger partial charge is 0.127 e. The Labute approximate surface area is 183 Å². The SMILES string of the molecule is CCCCCCC(C)(C)c1cc(O)c2c(c1)OC(C)(C)[C@H]1CCC(NCCO)C[C@H]21. The van der Waals surface area contributed by atoms with Gasteiger partial charge in [-0.05, 0) is 68.6 Å². The van der Waals surface area contributed by atoms with E-state index in [0.717, 1.165) is 37.0 Å². The fourth-order valence-electron chi connectivity index (χ4n) is 5.73. The lowest BCUT2D eigenvalue weighted by atomic mass is 9.65. The lowest BCUT2D eigenvalue weighted by Crippen LogP contribution is -2.49. The quantitative estimate of drug-likeness (QED) is 0.455. The maximum Gasteiger partial charge on any atom is 0.127 e. The van der Waals surface area contributed by atoms with Crippen molar-refractivity contribution in [2.24, 2.45) is 5.92 Å². The molecule has 0 saturated heterocycles. The molecule has 2 aliphatic rings. The predicted octanol–water partition coefficient (Wildman–Crippen LogP) is 5.65. The molecule has 3 rings (SSSR count). The van der Waals surface area contributed by atoms with Crippen LogP contribution in [0.5, 0.6) is 11.5 Å².